The van der Waals surface area contributed by atoms with E-state index in [-0.39, 0.29) is 18.5 Å². The Kier molecular flexibility index (Phi) is 5.15. The minimum atomic E-state index is -3.53. The first-order valence-electron chi connectivity index (χ1n) is 8.77. The first-order valence-corrected chi connectivity index (χ1v) is 10.6. The van der Waals surface area contributed by atoms with Gasteiger partial charge in [-0.25, -0.2) is 8.42 Å². The van der Waals surface area contributed by atoms with Gasteiger partial charge in [-0.15, -0.1) is 0 Å². The molecule has 0 aliphatic carbocycles. The van der Waals surface area contributed by atoms with Gasteiger partial charge in [-0.3, -0.25) is 9.10 Å². The largest absolute Gasteiger partial charge is 0.476 e. The molecule has 0 aromatic heterocycles. The minimum absolute atomic E-state index is 0.0538. The molecule has 1 aliphatic rings. The van der Waals surface area contributed by atoms with Crippen LogP contribution in [-0.2, 0) is 14.8 Å². The van der Waals surface area contributed by atoms with E-state index in [0.29, 0.717) is 11.4 Å². The summed E-state index contributed by atoms with van der Waals surface area (Å²) in [7, 11) is -3.53. The maximum absolute atomic E-state index is 12.7. The molecule has 144 valence electrons. The summed E-state index contributed by atoms with van der Waals surface area (Å²) in [6.07, 6.45) is 0.219. The van der Waals surface area contributed by atoms with Gasteiger partial charge >= 0.3 is 0 Å². The molecule has 0 saturated carbocycles. The maximum Gasteiger partial charge on any atom is 0.263 e. The number of nitrogens with zero attached hydrogens (tertiary/aromatic N) is 1. The fourth-order valence-electron chi connectivity index (χ4n) is 3.06. The molecule has 0 spiro atoms. The summed E-state index contributed by atoms with van der Waals surface area (Å²) in [5.74, 6) is 0.0448. The monoisotopic (exact) mass is 388 g/mol. The van der Waals surface area contributed by atoms with E-state index in [1.807, 2.05) is 51.1 Å². The summed E-state index contributed by atoms with van der Waals surface area (Å²) in [6, 6.07) is 13.0. The highest BCUT2D eigenvalue weighted by atomic mass is 32.2. The van der Waals surface area contributed by atoms with Crippen molar-refractivity contribution in [3.05, 3.63) is 59.2 Å². The lowest BCUT2D eigenvalue weighted by atomic mass is 10.1. The van der Waals surface area contributed by atoms with Gasteiger partial charge < -0.3 is 10.1 Å². The molecule has 7 heteroatoms. The van der Waals surface area contributed by atoms with E-state index in [9.17, 15) is 13.2 Å². The van der Waals surface area contributed by atoms with Crippen molar-refractivity contribution in [2.24, 2.45) is 0 Å². The summed E-state index contributed by atoms with van der Waals surface area (Å²) in [5, 5.41) is 2.91. The van der Waals surface area contributed by atoms with Crippen molar-refractivity contribution < 1.29 is 17.9 Å². The third kappa shape index (κ3) is 4.24. The number of carbonyl (C=O) groups excluding carboxylic acids is 1. The van der Waals surface area contributed by atoms with Gasteiger partial charge in [0.1, 0.15) is 5.75 Å². The van der Waals surface area contributed by atoms with Crippen LogP contribution in [0.3, 0.4) is 0 Å². The van der Waals surface area contributed by atoms with E-state index in [1.54, 1.807) is 12.1 Å². The summed E-state index contributed by atoms with van der Waals surface area (Å²) in [6.45, 7) is 5.71. The number of hydrogen-bond acceptors (Lipinski definition) is 4. The predicted molar refractivity (Wildman–Crippen MR) is 106 cm³/mol. The highest BCUT2D eigenvalue weighted by molar-refractivity contribution is 7.92. The summed E-state index contributed by atoms with van der Waals surface area (Å²) >= 11 is 0. The van der Waals surface area contributed by atoms with Crippen LogP contribution in [0.15, 0.2) is 42.5 Å². The van der Waals surface area contributed by atoms with Crippen molar-refractivity contribution in [3.63, 3.8) is 0 Å². The highest BCUT2D eigenvalue weighted by Crippen LogP contribution is 2.35. The predicted octanol–water partition coefficient (Wildman–Crippen LogP) is 2.71. The molecule has 6 nitrogen and oxygen atoms in total. The average Bonchev–Trinajstić information content (AvgIpc) is 2.60. The van der Waals surface area contributed by atoms with E-state index in [2.05, 4.69) is 5.32 Å². The first kappa shape index (κ1) is 19.2. The van der Waals surface area contributed by atoms with Crippen LogP contribution in [0.25, 0.3) is 0 Å². The normalized spacial score (nSPS) is 17.6. The lowest BCUT2D eigenvalue weighted by Crippen LogP contribution is -2.50. The number of carbonyl (C=O) groups is 1. The number of amides is 1. The summed E-state index contributed by atoms with van der Waals surface area (Å²) < 4.78 is 31.5. The third-order valence-electron chi connectivity index (χ3n) is 4.61. The SMILES string of the molecule is Cc1ccc(C(C)NC(=O)C2CN(S(C)(=O)=O)c3cc(C)ccc3O2)cc1. The minimum Gasteiger partial charge on any atom is -0.476 e. The van der Waals surface area contributed by atoms with Crippen LogP contribution in [0.1, 0.15) is 29.7 Å². The molecule has 2 unspecified atom stereocenters. The standard InChI is InChI=1S/C20H24N2O4S/c1-13-5-8-16(9-6-13)15(3)21-20(23)19-12-22(27(4,24)25)17-11-14(2)7-10-18(17)26-19/h5-11,15,19H,12H2,1-4H3,(H,21,23). The Balaban J connectivity index is 1.81. The van der Waals surface area contributed by atoms with Crippen molar-refractivity contribution in [3.8, 4) is 5.75 Å². The Morgan fingerprint density at radius 3 is 2.41 bits per heavy atom. The number of anilines is 1. The van der Waals surface area contributed by atoms with E-state index >= 15 is 0 Å². The van der Waals surface area contributed by atoms with Crippen molar-refractivity contribution in [1.29, 1.82) is 0 Å². The van der Waals surface area contributed by atoms with Gasteiger partial charge in [-0.2, -0.15) is 0 Å². The lowest BCUT2D eigenvalue weighted by molar-refractivity contribution is -0.128. The van der Waals surface area contributed by atoms with Gasteiger partial charge in [0.25, 0.3) is 5.91 Å². The number of rotatable bonds is 4. The Labute approximate surface area is 160 Å². The Bertz CT molecular complexity index is 954. The van der Waals surface area contributed by atoms with E-state index < -0.39 is 16.1 Å². The van der Waals surface area contributed by atoms with Crippen molar-refractivity contribution in [2.45, 2.75) is 32.9 Å². The lowest BCUT2D eigenvalue weighted by Gasteiger charge is -2.34. The van der Waals surface area contributed by atoms with Gasteiger partial charge in [-0.1, -0.05) is 35.9 Å². The fraction of sp³-hybridized carbons (Fsp3) is 0.350. The van der Waals surface area contributed by atoms with E-state index in [0.717, 1.165) is 22.9 Å². The molecule has 1 N–H and O–H groups in total. The number of nitrogens with one attached hydrogen (secondary N) is 1. The molecule has 2 aromatic carbocycles. The van der Waals surface area contributed by atoms with E-state index in [1.165, 1.54) is 4.31 Å². The van der Waals surface area contributed by atoms with Crippen molar-refractivity contribution in [1.82, 2.24) is 5.32 Å². The molecule has 27 heavy (non-hydrogen) atoms. The molecule has 0 saturated heterocycles. The Hall–Kier alpha value is -2.54. The first-order chi connectivity index (χ1) is 12.6. The molecular weight excluding hydrogens is 364 g/mol. The molecule has 3 rings (SSSR count). The Morgan fingerprint density at radius 1 is 1.15 bits per heavy atom. The van der Waals surface area contributed by atoms with Crippen LogP contribution >= 0.6 is 0 Å². The van der Waals surface area contributed by atoms with Crippen molar-refractivity contribution >= 4 is 21.6 Å². The molecular formula is C20H24N2O4S. The second-order valence-corrected chi connectivity index (χ2v) is 8.92. The molecule has 2 atom stereocenters. The third-order valence-corrected chi connectivity index (χ3v) is 5.76. The van der Waals surface area contributed by atoms with Crippen molar-refractivity contribution in [2.75, 3.05) is 17.1 Å². The molecule has 1 aliphatic heterocycles. The van der Waals surface area contributed by atoms with Gasteiger partial charge in [0, 0.05) is 0 Å². The summed E-state index contributed by atoms with van der Waals surface area (Å²) in [5.41, 5.74) is 3.50. The van der Waals surface area contributed by atoms with Gasteiger partial charge in [-0.05, 0) is 44.0 Å². The quantitative estimate of drug-likeness (QED) is 0.874. The van der Waals surface area contributed by atoms with Gasteiger partial charge in [0.2, 0.25) is 10.0 Å². The van der Waals surface area contributed by atoms with Crippen LogP contribution in [0.5, 0.6) is 5.75 Å². The number of ether oxygens (including phenoxy) is 1. The fourth-order valence-corrected chi connectivity index (χ4v) is 3.96. The van der Waals surface area contributed by atoms with Crippen LogP contribution < -0.4 is 14.4 Å². The average molecular weight is 388 g/mol. The highest BCUT2D eigenvalue weighted by Gasteiger charge is 2.35. The van der Waals surface area contributed by atoms with Gasteiger partial charge in [0.15, 0.2) is 6.10 Å². The van der Waals surface area contributed by atoms with Crippen LogP contribution in [0, 0.1) is 13.8 Å². The molecule has 2 aromatic rings. The smallest absolute Gasteiger partial charge is 0.263 e. The zero-order valence-corrected chi connectivity index (χ0v) is 16.7. The number of sulfonamides is 1. The summed E-state index contributed by atoms with van der Waals surface area (Å²) in [4.78, 5) is 12.7. The van der Waals surface area contributed by atoms with Gasteiger partial charge in [0.05, 0.1) is 24.5 Å². The zero-order chi connectivity index (χ0) is 19.8. The Morgan fingerprint density at radius 2 is 1.78 bits per heavy atom. The zero-order valence-electron chi connectivity index (χ0n) is 15.9. The molecule has 0 radical (unpaired) electrons. The second kappa shape index (κ2) is 7.23. The maximum atomic E-state index is 12.7. The number of aryl methyl sites for hydroxylation is 2. The molecule has 0 fully saturated rings. The number of hydrogen-bond donors (Lipinski definition) is 1. The van der Waals surface area contributed by atoms with E-state index in [4.69, 9.17) is 4.74 Å². The van der Waals surface area contributed by atoms with Crippen LogP contribution in [0.2, 0.25) is 0 Å². The second-order valence-electron chi connectivity index (χ2n) is 7.01. The topological polar surface area (TPSA) is 75.7 Å². The van der Waals surface area contributed by atoms with Crippen LogP contribution in [-0.4, -0.2) is 33.2 Å². The molecule has 0 bridgehead atoms. The molecule has 1 heterocycles. The number of benzene rings is 2. The molecule has 1 amide bonds. The number of fused-ring (bicyclic) bond motifs is 1. The van der Waals surface area contributed by atoms with Crippen LogP contribution in [0.4, 0.5) is 5.69 Å².